The number of nitrogens with zero attached hydrogens (tertiary/aromatic N) is 1. The molecule has 5 nitrogen and oxygen atoms in total. The Hall–Kier alpha value is -2.40. The predicted octanol–water partition coefficient (Wildman–Crippen LogP) is 1.99. The lowest BCUT2D eigenvalue weighted by atomic mass is 9.95. The number of carbonyl (C=O) groups excluding carboxylic acids is 1. The normalized spacial score (nSPS) is 13.4. The maximum absolute atomic E-state index is 12.4. The maximum atomic E-state index is 12.4. The monoisotopic (exact) mass is 283 g/mol. The first kappa shape index (κ1) is 13.6. The predicted molar refractivity (Wildman–Crippen MR) is 80.6 cm³/mol. The summed E-state index contributed by atoms with van der Waals surface area (Å²) in [7, 11) is 1.56. The van der Waals surface area contributed by atoms with Crippen molar-refractivity contribution >= 4 is 11.6 Å². The van der Waals surface area contributed by atoms with E-state index in [0.717, 1.165) is 30.6 Å². The van der Waals surface area contributed by atoms with Crippen molar-refractivity contribution in [3.63, 3.8) is 0 Å². The summed E-state index contributed by atoms with van der Waals surface area (Å²) < 4.78 is 5.00. The number of fused-ring (bicyclic) bond motifs is 1. The molecule has 0 aliphatic carbocycles. The Labute approximate surface area is 123 Å². The highest BCUT2D eigenvalue weighted by atomic mass is 16.5. The van der Waals surface area contributed by atoms with Gasteiger partial charge in [0.25, 0.3) is 5.91 Å². The van der Waals surface area contributed by atoms with Crippen molar-refractivity contribution in [3.05, 3.63) is 53.2 Å². The van der Waals surface area contributed by atoms with E-state index in [0.29, 0.717) is 11.6 Å². The van der Waals surface area contributed by atoms with Crippen molar-refractivity contribution in [3.8, 4) is 5.88 Å². The van der Waals surface area contributed by atoms with Crippen LogP contribution in [-0.2, 0) is 13.0 Å². The van der Waals surface area contributed by atoms with Gasteiger partial charge in [-0.15, -0.1) is 0 Å². The summed E-state index contributed by atoms with van der Waals surface area (Å²) in [6.45, 7) is 1.72. The molecule has 0 radical (unpaired) electrons. The molecule has 21 heavy (non-hydrogen) atoms. The molecule has 108 valence electrons. The van der Waals surface area contributed by atoms with Gasteiger partial charge >= 0.3 is 0 Å². The number of methoxy groups -OCH3 is 1. The van der Waals surface area contributed by atoms with Gasteiger partial charge in [-0.3, -0.25) is 4.79 Å². The van der Waals surface area contributed by atoms with Gasteiger partial charge in [-0.1, -0.05) is 12.1 Å². The molecule has 1 aliphatic rings. The molecule has 3 rings (SSSR count). The number of hydrogen-bond acceptors (Lipinski definition) is 4. The van der Waals surface area contributed by atoms with E-state index in [1.54, 1.807) is 25.4 Å². The largest absolute Gasteiger partial charge is 0.481 e. The zero-order valence-corrected chi connectivity index (χ0v) is 11.8. The Morgan fingerprint density at radius 2 is 2.24 bits per heavy atom. The van der Waals surface area contributed by atoms with Crippen LogP contribution < -0.4 is 15.4 Å². The van der Waals surface area contributed by atoms with Gasteiger partial charge in [-0.05, 0) is 36.2 Å². The molecular formula is C16H17N3O2. The zero-order valence-electron chi connectivity index (χ0n) is 11.8. The van der Waals surface area contributed by atoms with Crippen LogP contribution in [0.5, 0.6) is 5.88 Å². The molecular weight excluding hydrogens is 266 g/mol. The fourth-order valence-electron chi connectivity index (χ4n) is 2.52. The van der Waals surface area contributed by atoms with Crippen LogP contribution in [0.2, 0.25) is 0 Å². The number of anilines is 1. The topological polar surface area (TPSA) is 63.2 Å². The van der Waals surface area contributed by atoms with Gasteiger partial charge in [0.15, 0.2) is 0 Å². The summed E-state index contributed by atoms with van der Waals surface area (Å²) in [6, 6.07) is 9.36. The summed E-state index contributed by atoms with van der Waals surface area (Å²) in [5, 5.41) is 6.20. The molecule has 0 unspecified atom stereocenters. The molecule has 5 heteroatoms. The Balaban J connectivity index is 1.82. The quantitative estimate of drug-likeness (QED) is 0.904. The number of nitrogens with one attached hydrogen (secondary N) is 2. The fraction of sp³-hybridized carbons (Fsp3) is 0.250. The van der Waals surface area contributed by atoms with E-state index >= 15 is 0 Å². The van der Waals surface area contributed by atoms with Crippen LogP contribution in [0.4, 0.5) is 5.69 Å². The van der Waals surface area contributed by atoms with Crippen molar-refractivity contribution in [2.24, 2.45) is 0 Å². The third kappa shape index (κ3) is 2.87. The highest BCUT2D eigenvalue weighted by Gasteiger charge is 2.17. The Morgan fingerprint density at radius 1 is 1.33 bits per heavy atom. The van der Waals surface area contributed by atoms with E-state index in [9.17, 15) is 4.79 Å². The zero-order chi connectivity index (χ0) is 14.7. The second-order valence-electron chi connectivity index (χ2n) is 4.91. The summed E-state index contributed by atoms with van der Waals surface area (Å²) in [4.78, 5) is 16.5. The molecule has 0 bridgehead atoms. The molecule has 0 saturated heterocycles. The summed E-state index contributed by atoms with van der Waals surface area (Å²) >= 11 is 0. The van der Waals surface area contributed by atoms with Crippen LogP contribution >= 0.6 is 0 Å². The highest BCUT2D eigenvalue weighted by Crippen LogP contribution is 2.20. The van der Waals surface area contributed by atoms with Crippen molar-refractivity contribution < 1.29 is 9.53 Å². The van der Waals surface area contributed by atoms with Gasteiger partial charge in [0.2, 0.25) is 5.88 Å². The van der Waals surface area contributed by atoms with E-state index < -0.39 is 0 Å². The van der Waals surface area contributed by atoms with Crippen LogP contribution in [0.25, 0.3) is 0 Å². The molecule has 0 saturated carbocycles. The molecule has 0 atom stereocenters. The molecule has 0 fully saturated rings. The average Bonchev–Trinajstić information content (AvgIpc) is 2.55. The van der Waals surface area contributed by atoms with Crippen molar-refractivity contribution in [2.75, 3.05) is 19.0 Å². The van der Waals surface area contributed by atoms with Gasteiger partial charge < -0.3 is 15.4 Å². The number of hydrogen-bond donors (Lipinski definition) is 2. The van der Waals surface area contributed by atoms with E-state index in [-0.39, 0.29) is 5.91 Å². The number of amides is 1. The third-order valence-corrected chi connectivity index (χ3v) is 3.59. The van der Waals surface area contributed by atoms with E-state index in [4.69, 9.17) is 4.74 Å². The smallest absolute Gasteiger partial charge is 0.255 e. The highest BCUT2D eigenvalue weighted by molar-refractivity contribution is 6.05. The minimum Gasteiger partial charge on any atom is -0.481 e. The number of benzene rings is 1. The van der Waals surface area contributed by atoms with Gasteiger partial charge in [0, 0.05) is 18.2 Å². The van der Waals surface area contributed by atoms with Crippen LogP contribution in [0.3, 0.4) is 0 Å². The molecule has 1 aromatic heterocycles. The second-order valence-corrected chi connectivity index (χ2v) is 4.91. The Morgan fingerprint density at radius 3 is 3.00 bits per heavy atom. The fourth-order valence-corrected chi connectivity index (χ4v) is 2.52. The van der Waals surface area contributed by atoms with Gasteiger partial charge in [-0.25, -0.2) is 4.98 Å². The molecule has 1 amide bonds. The lowest BCUT2D eigenvalue weighted by Gasteiger charge is -2.19. The van der Waals surface area contributed by atoms with Gasteiger partial charge in [-0.2, -0.15) is 0 Å². The van der Waals surface area contributed by atoms with Crippen molar-refractivity contribution in [2.45, 2.75) is 13.0 Å². The summed E-state index contributed by atoms with van der Waals surface area (Å²) in [6.07, 6.45) is 2.47. The van der Waals surface area contributed by atoms with Crippen molar-refractivity contribution in [1.29, 1.82) is 0 Å². The lowest BCUT2D eigenvalue weighted by Crippen LogP contribution is -2.26. The second kappa shape index (κ2) is 5.93. The maximum Gasteiger partial charge on any atom is 0.255 e. The summed E-state index contributed by atoms with van der Waals surface area (Å²) in [5.74, 6) is 0.428. The summed E-state index contributed by atoms with van der Waals surface area (Å²) in [5.41, 5.74) is 3.73. The molecule has 2 heterocycles. The van der Waals surface area contributed by atoms with E-state index in [1.807, 2.05) is 12.1 Å². The van der Waals surface area contributed by atoms with Crippen LogP contribution in [-0.4, -0.2) is 24.5 Å². The van der Waals surface area contributed by atoms with Crippen LogP contribution in [0.15, 0.2) is 36.5 Å². The molecule has 1 aliphatic heterocycles. The lowest BCUT2D eigenvalue weighted by molar-refractivity contribution is 0.102. The minimum absolute atomic E-state index is 0.0966. The van der Waals surface area contributed by atoms with Gasteiger partial charge in [0.1, 0.15) is 0 Å². The first-order valence-corrected chi connectivity index (χ1v) is 6.91. The standard InChI is InChI=1S/C16H17N3O2/c1-21-15-6-5-12(10-18-15)19-16(20)14-4-2-3-11-9-17-8-7-13(11)14/h2-6,10,17H,7-9H2,1H3,(H,19,20). The van der Waals surface area contributed by atoms with Crippen molar-refractivity contribution in [1.82, 2.24) is 10.3 Å². The van der Waals surface area contributed by atoms with Gasteiger partial charge in [0.05, 0.1) is 19.0 Å². The molecule has 2 aromatic rings. The van der Waals surface area contributed by atoms with E-state index in [1.165, 1.54) is 5.56 Å². The Bertz CT molecular complexity index is 653. The number of carbonyl (C=O) groups is 1. The Kier molecular flexibility index (Phi) is 3.83. The van der Waals surface area contributed by atoms with Crippen LogP contribution in [0, 0.1) is 0 Å². The molecule has 0 spiro atoms. The van der Waals surface area contributed by atoms with E-state index in [2.05, 4.69) is 21.7 Å². The number of pyridine rings is 1. The number of ether oxygens (including phenoxy) is 1. The average molecular weight is 283 g/mol. The minimum atomic E-state index is -0.0966. The molecule has 1 aromatic carbocycles. The number of rotatable bonds is 3. The third-order valence-electron chi connectivity index (χ3n) is 3.59. The molecule has 2 N–H and O–H groups in total. The SMILES string of the molecule is COc1ccc(NC(=O)c2cccc3c2CCNC3)cn1. The first-order valence-electron chi connectivity index (χ1n) is 6.91. The first-order chi connectivity index (χ1) is 10.3. The number of aromatic nitrogens is 1. The van der Waals surface area contributed by atoms with Crippen LogP contribution in [0.1, 0.15) is 21.5 Å².